The Hall–Kier alpha value is -1.42. The summed E-state index contributed by atoms with van der Waals surface area (Å²) in [5, 5.41) is 18.4. The van der Waals surface area contributed by atoms with Gasteiger partial charge in [-0.2, -0.15) is 0 Å². The fraction of sp³-hybridized carbons (Fsp3) is 0.250. The Morgan fingerprint density at radius 1 is 1.42 bits per heavy atom. The molecular weight excluding hydrogens is 158 g/mol. The first-order valence-corrected chi connectivity index (χ1v) is 3.62. The summed E-state index contributed by atoms with van der Waals surface area (Å²) < 4.78 is 5.11. The molecule has 4 heteroatoms. The van der Waals surface area contributed by atoms with E-state index in [1.807, 2.05) is 0 Å². The predicted octanol–water partition coefficient (Wildman–Crippen LogP) is 0.490. The second-order valence-electron chi connectivity index (χ2n) is 2.80. The van der Waals surface area contributed by atoms with Gasteiger partial charge in [-0.25, -0.2) is 0 Å². The van der Waals surface area contributed by atoms with Crippen LogP contribution >= 0.6 is 0 Å². The molecule has 1 heterocycles. The zero-order valence-corrected chi connectivity index (χ0v) is 6.32. The predicted molar refractivity (Wildman–Crippen MR) is 42.2 cm³/mol. The smallest absolute Gasteiger partial charge is 0.166 e. The Bertz CT molecular complexity index is 324. The largest absolute Gasteiger partial charge is 0.508 e. The van der Waals surface area contributed by atoms with Gasteiger partial charge in [0.15, 0.2) is 11.5 Å². The van der Waals surface area contributed by atoms with Crippen molar-refractivity contribution >= 4 is 0 Å². The van der Waals surface area contributed by atoms with Crippen LogP contribution < -0.4 is 10.5 Å². The van der Waals surface area contributed by atoms with E-state index in [4.69, 9.17) is 15.6 Å². The highest BCUT2D eigenvalue weighted by Crippen LogP contribution is 2.41. The highest BCUT2D eigenvalue weighted by Gasteiger charge is 2.24. The van der Waals surface area contributed by atoms with E-state index in [0.29, 0.717) is 17.9 Å². The van der Waals surface area contributed by atoms with E-state index in [0.717, 1.165) is 0 Å². The maximum Gasteiger partial charge on any atom is 0.166 e. The molecule has 0 saturated carbocycles. The summed E-state index contributed by atoms with van der Waals surface area (Å²) in [6.45, 7) is 0.354. The molecule has 1 atom stereocenters. The van der Waals surface area contributed by atoms with Crippen molar-refractivity contribution in [3.8, 4) is 17.2 Å². The van der Waals surface area contributed by atoms with Crippen LogP contribution in [0, 0.1) is 0 Å². The molecule has 1 aromatic carbocycles. The van der Waals surface area contributed by atoms with Crippen molar-refractivity contribution in [2.45, 2.75) is 6.04 Å². The first-order chi connectivity index (χ1) is 5.68. The molecule has 64 valence electrons. The molecule has 1 aliphatic rings. The lowest BCUT2D eigenvalue weighted by molar-refractivity contribution is 0.316. The number of hydrogen-bond donors (Lipinski definition) is 3. The summed E-state index contributed by atoms with van der Waals surface area (Å²) in [7, 11) is 0. The highest BCUT2D eigenvalue weighted by atomic mass is 16.5. The van der Waals surface area contributed by atoms with Gasteiger partial charge in [0.2, 0.25) is 0 Å². The van der Waals surface area contributed by atoms with E-state index >= 15 is 0 Å². The van der Waals surface area contributed by atoms with E-state index in [2.05, 4.69) is 0 Å². The van der Waals surface area contributed by atoms with Crippen LogP contribution in [0.15, 0.2) is 12.1 Å². The first kappa shape index (κ1) is 7.24. The Morgan fingerprint density at radius 2 is 2.17 bits per heavy atom. The molecule has 0 unspecified atom stereocenters. The molecule has 0 fully saturated rings. The molecule has 0 spiro atoms. The van der Waals surface area contributed by atoms with Crippen LogP contribution in [0.2, 0.25) is 0 Å². The second kappa shape index (κ2) is 2.28. The van der Waals surface area contributed by atoms with Crippen LogP contribution in [0.1, 0.15) is 11.6 Å². The van der Waals surface area contributed by atoms with E-state index in [1.165, 1.54) is 12.1 Å². The van der Waals surface area contributed by atoms with E-state index in [1.54, 1.807) is 0 Å². The van der Waals surface area contributed by atoms with E-state index in [9.17, 15) is 5.11 Å². The van der Waals surface area contributed by atoms with Gasteiger partial charge < -0.3 is 20.7 Å². The molecule has 1 aromatic rings. The third kappa shape index (κ3) is 0.887. The summed E-state index contributed by atoms with van der Waals surface area (Å²) in [5.74, 6) is 0.338. The van der Waals surface area contributed by atoms with Gasteiger partial charge in [-0.15, -0.1) is 0 Å². The number of phenols is 2. The van der Waals surface area contributed by atoms with Crippen LogP contribution in [-0.4, -0.2) is 16.8 Å². The van der Waals surface area contributed by atoms with Crippen molar-refractivity contribution in [2.24, 2.45) is 5.73 Å². The molecule has 2 rings (SSSR count). The van der Waals surface area contributed by atoms with Crippen LogP contribution in [0.25, 0.3) is 0 Å². The van der Waals surface area contributed by atoms with Crippen molar-refractivity contribution in [1.82, 2.24) is 0 Å². The molecule has 4 N–H and O–H groups in total. The van der Waals surface area contributed by atoms with Gasteiger partial charge in [0, 0.05) is 11.6 Å². The number of nitrogens with two attached hydrogens (primary N) is 1. The molecule has 1 aliphatic heterocycles. The quantitative estimate of drug-likeness (QED) is 0.525. The Kier molecular flexibility index (Phi) is 1.38. The normalized spacial score (nSPS) is 20.2. The maximum atomic E-state index is 9.29. The topological polar surface area (TPSA) is 75.7 Å². The van der Waals surface area contributed by atoms with Crippen molar-refractivity contribution in [2.75, 3.05) is 6.61 Å². The van der Waals surface area contributed by atoms with Crippen molar-refractivity contribution in [3.05, 3.63) is 17.7 Å². The zero-order valence-electron chi connectivity index (χ0n) is 6.32. The van der Waals surface area contributed by atoms with E-state index in [-0.39, 0.29) is 17.5 Å². The van der Waals surface area contributed by atoms with Gasteiger partial charge >= 0.3 is 0 Å². The SMILES string of the molecule is N[C@@H]1COc2c(O)cc(O)cc21. The number of ether oxygens (including phenoxy) is 1. The molecule has 0 bridgehead atoms. The van der Waals surface area contributed by atoms with E-state index < -0.39 is 0 Å². The highest BCUT2D eigenvalue weighted by molar-refractivity contribution is 5.53. The second-order valence-corrected chi connectivity index (χ2v) is 2.80. The molecule has 4 nitrogen and oxygen atoms in total. The number of hydrogen-bond acceptors (Lipinski definition) is 4. The minimum Gasteiger partial charge on any atom is -0.508 e. The fourth-order valence-electron chi connectivity index (χ4n) is 1.32. The Balaban J connectivity index is 2.60. The van der Waals surface area contributed by atoms with Crippen LogP contribution in [0.5, 0.6) is 17.2 Å². The monoisotopic (exact) mass is 167 g/mol. The summed E-state index contributed by atoms with van der Waals surface area (Å²) >= 11 is 0. The third-order valence-electron chi connectivity index (χ3n) is 1.89. The Labute approximate surface area is 69.2 Å². The van der Waals surface area contributed by atoms with Gasteiger partial charge in [0.25, 0.3) is 0 Å². The lowest BCUT2D eigenvalue weighted by Crippen LogP contribution is -2.10. The molecule has 0 saturated heterocycles. The lowest BCUT2D eigenvalue weighted by Gasteiger charge is -2.02. The molecule has 0 radical (unpaired) electrons. The molecule has 0 amide bonds. The zero-order chi connectivity index (χ0) is 8.72. The summed E-state index contributed by atoms with van der Waals surface area (Å²) in [6, 6.07) is 2.49. The maximum absolute atomic E-state index is 9.29. The van der Waals surface area contributed by atoms with Crippen LogP contribution in [0.3, 0.4) is 0 Å². The Morgan fingerprint density at radius 3 is 2.92 bits per heavy atom. The molecule has 0 aliphatic carbocycles. The number of phenolic OH excluding ortho intramolecular Hbond substituents is 2. The van der Waals surface area contributed by atoms with Gasteiger partial charge in [0.05, 0.1) is 6.04 Å². The first-order valence-electron chi connectivity index (χ1n) is 3.62. The third-order valence-corrected chi connectivity index (χ3v) is 1.89. The van der Waals surface area contributed by atoms with Gasteiger partial charge in [-0.3, -0.25) is 0 Å². The van der Waals surface area contributed by atoms with Crippen molar-refractivity contribution in [1.29, 1.82) is 0 Å². The minimum absolute atomic E-state index is 0.00667. The van der Waals surface area contributed by atoms with Gasteiger partial charge in [-0.05, 0) is 6.07 Å². The molecule has 12 heavy (non-hydrogen) atoms. The molecule has 0 aromatic heterocycles. The number of aromatic hydroxyl groups is 2. The van der Waals surface area contributed by atoms with Crippen molar-refractivity contribution in [3.63, 3.8) is 0 Å². The average molecular weight is 167 g/mol. The van der Waals surface area contributed by atoms with Crippen LogP contribution in [0.4, 0.5) is 0 Å². The summed E-state index contributed by atoms with van der Waals surface area (Å²) in [4.78, 5) is 0. The standard InChI is InChI=1S/C8H9NO3/c9-6-3-12-8-5(6)1-4(10)2-7(8)11/h1-2,6,10-11H,3,9H2/t6-/m1/s1. The number of fused-ring (bicyclic) bond motifs is 1. The summed E-state index contributed by atoms with van der Waals surface area (Å²) in [5.41, 5.74) is 6.30. The van der Waals surface area contributed by atoms with Gasteiger partial charge in [-0.1, -0.05) is 0 Å². The fourth-order valence-corrected chi connectivity index (χ4v) is 1.32. The lowest BCUT2D eigenvalue weighted by atomic mass is 10.1. The van der Waals surface area contributed by atoms with Gasteiger partial charge in [0.1, 0.15) is 12.4 Å². The average Bonchev–Trinajstić information content (AvgIpc) is 2.33. The van der Waals surface area contributed by atoms with Crippen molar-refractivity contribution < 1.29 is 14.9 Å². The summed E-state index contributed by atoms with van der Waals surface area (Å²) in [6.07, 6.45) is 0. The van der Waals surface area contributed by atoms with Crippen LogP contribution in [-0.2, 0) is 0 Å². The molecular formula is C8H9NO3. The minimum atomic E-state index is -0.252. The number of rotatable bonds is 0. The number of benzene rings is 1.